The van der Waals surface area contributed by atoms with Crippen molar-refractivity contribution < 1.29 is 13.6 Å². The Balaban J connectivity index is 1.60. The van der Waals surface area contributed by atoms with Crippen molar-refractivity contribution in [1.29, 1.82) is 0 Å². The second-order valence-electron chi connectivity index (χ2n) is 6.77. The van der Waals surface area contributed by atoms with E-state index in [0.29, 0.717) is 12.4 Å². The minimum Gasteiger partial charge on any atom is -0.418 e. The van der Waals surface area contributed by atoms with Gasteiger partial charge in [0.05, 0.1) is 5.56 Å². The van der Waals surface area contributed by atoms with Gasteiger partial charge in [-0.1, -0.05) is 12.1 Å². The molecule has 1 amide bonds. The molecule has 1 fully saturated rings. The molecular formula is C20H21FN4O2. The maximum atomic E-state index is 14.0. The van der Waals surface area contributed by atoms with Crippen LogP contribution in [-0.2, 0) is 4.79 Å². The number of nitrogens with zero attached hydrogens (tertiary/aromatic N) is 4. The van der Waals surface area contributed by atoms with E-state index < -0.39 is 5.82 Å². The van der Waals surface area contributed by atoms with Crippen LogP contribution < -0.4 is 0 Å². The first-order valence-electron chi connectivity index (χ1n) is 9.16. The number of amides is 1. The van der Waals surface area contributed by atoms with Crippen molar-refractivity contribution in [3.05, 3.63) is 60.5 Å². The molecule has 0 saturated carbocycles. The summed E-state index contributed by atoms with van der Waals surface area (Å²) in [7, 11) is 0. The average molecular weight is 368 g/mol. The van der Waals surface area contributed by atoms with Crippen LogP contribution in [0.3, 0.4) is 0 Å². The molecule has 140 valence electrons. The highest BCUT2D eigenvalue weighted by Gasteiger charge is 2.34. The predicted molar refractivity (Wildman–Crippen MR) is 97.1 cm³/mol. The lowest BCUT2D eigenvalue weighted by atomic mass is 10.0. The Morgan fingerprint density at radius 1 is 1.19 bits per heavy atom. The fourth-order valence-electron chi connectivity index (χ4n) is 3.54. The second-order valence-corrected chi connectivity index (χ2v) is 6.77. The molecule has 7 heteroatoms. The molecular weight excluding hydrogens is 347 g/mol. The number of rotatable bonds is 4. The van der Waals surface area contributed by atoms with Gasteiger partial charge < -0.3 is 13.9 Å². The van der Waals surface area contributed by atoms with E-state index in [9.17, 15) is 9.18 Å². The van der Waals surface area contributed by atoms with E-state index in [1.807, 2.05) is 40.9 Å². The van der Waals surface area contributed by atoms with Gasteiger partial charge in [-0.15, -0.1) is 10.2 Å². The lowest BCUT2D eigenvalue weighted by Crippen LogP contribution is -2.41. The van der Waals surface area contributed by atoms with Crippen LogP contribution in [0.25, 0.3) is 11.5 Å². The first-order chi connectivity index (χ1) is 13.1. The van der Waals surface area contributed by atoms with Crippen LogP contribution in [0.4, 0.5) is 4.39 Å². The largest absolute Gasteiger partial charge is 0.418 e. The van der Waals surface area contributed by atoms with Crippen LogP contribution in [0.5, 0.6) is 0 Å². The molecule has 2 aromatic heterocycles. The molecule has 1 aliphatic heterocycles. The van der Waals surface area contributed by atoms with Crippen molar-refractivity contribution in [3.8, 4) is 11.5 Å². The van der Waals surface area contributed by atoms with Crippen LogP contribution in [-0.4, -0.2) is 32.1 Å². The summed E-state index contributed by atoms with van der Waals surface area (Å²) in [5.41, 5.74) is 0.269. The molecule has 3 heterocycles. The number of aromatic nitrogens is 3. The monoisotopic (exact) mass is 368 g/mol. The molecule has 0 bridgehead atoms. The molecule has 0 unspecified atom stereocenters. The summed E-state index contributed by atoms with van der Waals surface area (Å²) in [6.07, 6.45) is 6.43. The SMILES string of the molecule is C[C@H](C(=O)N1CCCC[C@@H]1c1nnc(-c2ccccc2F)o1)n1cccc1. The zero-order valence-corrected chi connectivity index (χ0v) is 15.1. The average Bonchev–Trinajstić information content (AvgIpc) is 3.39. The predicted octanol–water partition coefficient (Wildman–Crippen LogP) is 3.99. The number of carbonyl (C=O) groups is 1. The normalized spacial score (nSPS) is 18.4. The van der Waals surface area contributed by atoms with E-state index in [0.717, 1.165) is 19.3 Å². The molecule has 4 rings (SSSR count). The van der Waals surface area contributed by atoms with Crippen LogP contribution in [0.2, 0.25) is 0 Å². The summed E-state index contributed by atoms with van der Waals surface area (Å²) in [6.45, 7) is 2.53. The summed E-state index contributed by atoms with van der Waals surface area (Å²) < 4.78 is 21.7. The number of hydrogen-bond acceptors (Lipinski definition) is 4. The molecule has 6 nitrogen and oxygen atoms in total. The molecule has 0 aliphatic carbocycles. The van der Waals surface area contributed by atoms with Gasteiger partial charge in [0.25, 0.3) is 5.89 Å². The van der Waals surface area contributed by atoms with Gasteiger partial charge in [0.15, 0.2) is 0 Å². The fourth-order valence-corrected chi connectivity index (χ4v) is 3.54. The first kappa shape index (κ1) is 17.5. The summed E-state index contributed by atoms with van der Waals surface area (Å²) >= 11 is 0. The minimum absolute atomic E-state index is 0.0153. The third-order valence-corrected chi connectivity index (χ3v) is 5.05. The van der Waals surface area contributed by atoms with Gasteiger partial charge in [-0.3, -0.25) is 4.79 Å². The lowest BCUT2D eigenvalue weighted by Gasteiger charge is -2.35. The number of piperidine rings is 1. The minimum atomic E-state index is -0.412. The molecule has 0 radical (unpaired) electrons. The Hall–Kier alpha value is -2.96. The Morgan fingerprint density at radius 3 is 2.74 bits per heavy atom. The number of likely N-dealkylation sites (tertiary alicyclic amines) is 1. The van der Waals surface area contributed by atoms with E-state index in [1.54, 1.807) is 18.2 Å². The second kappa shape index (κ2) is 7.34. The van der Waals surface area contributed by atoms with Crippen molar-refractivity contribution in [3.63, 3.8) is 0 Å². The van der Waals surface area contributed by atoms with Crippen molar-refractivity contribution in [2.45, 2.75) is 38.3 Å². The third kappa shape index (κ3) is 3.37. The first-order valence-corrected chi connectivity index (χ1v) is 9.16. The molecule has 27 heavy (non-hydrogen) atoms. The van der Waals surface area contributed by atoms with Gasteiger partial charge in [-0.05, 0) is 50.5 Å². The summed E-state index contributed by atoms with van der Waals surface area (Å²) in [5.74, 6) is 0.104. The molecule has 1 aliphatic rings. The van der Waals surface area contributed by atoms with E-state index in [4.69, 9.17) is 4.42 Å². The molecule has 3 aromatic rings. The Labute approximate surface area is 156 Å². The van der Waals surface area contributed by atoms with Crippen LogP contribution in [0.15, 0.2) is 53.2 Å². The maximum absolute atomic E-state index is 14.0. The summed E-state index contributed by atoms with van der Waals surface area (Å²) in [5, 5.41) is 8.14. The molecule has 1 saturated heterocycles. The van der Waals surface area contributed by atoms with Crippen molar-refractivity contribution >= 4 is 5.91 Å². The Bertz CT molecular complexity index is 922. The van der Waals surface area contributed by atoms with E-state index >= 15 is 0 Å². The van der Waals surface area contributed by atoms with Gasteiger partial charge in [0.2, 0.25) is 11.8 Å². The summed E-state index contributed by atoms with van der Waals surface area (Å²) in [6, 6.07) is 9.50. The fraction of sp³-hybridized carbons (Fsp3) is 0.350. The third-order valence-electron chi connectivity index (χ3n) is 5.05. The molecule has 1 aromatic carbocycles. The lowest BCUT2D eigenvalue weighted by molar-refractivity contribution is -0.138. The van der Waals surface area contributed by atoms with E-state index in [2.05, 4.69) is 10.2 Å². The topological polar surface area (TPSA) is 64.2 Å². The standard InChI is InChI=1S/C20H21FN4O2/c1-14(24-11-6-7-12-24)20(26)25-13-5-4-10-17(25)19-23-22-18(27-19)15-8-2-3-9-16(15)21/h2-3,6-9,11-12,14,17H,4-5,10,13H2,1H3/t14-,17-/m1/s1. The maximum Gasteiger partial charge on any atom is 0.250 e. The highest BCUT2D eigenvalue weighted by atomic mass is 19.1. The van der Waals surface area contributed by atoms with Crippen LogP contribution in [0, 0.1) is 5.82 Å². The van der Waals surface area contributed by atoms with Crippen molar-refractivity contribution in [2.24, 2.45) is 0 Å². The van der Waals surface area contributed by atoms with E-state index in [1.165, 1.54) is 6.07 Å². The smallest absolute Gasteiger partial charge is 0.250 e. The van der Waals surface area contributed by atoms with Gasteiger partial charge >= 0.3 is 0 Å². The number of halogens is 1. The van der Waals surface area contributed by atoms with Crippen molar-refractivity contribution in [1.82, 2.24) is 19.7 Å². The van der Waals surface area contributed by atoms with Crippen molar-refractivity contribution in [2.75, 3.05) is 6.54 Å². The van der Waals surface area contributed by atoms with Crippen LogP contribution >= 0.6 is 0 Å². The van der Waals surface area contributed by atoms with Gasteiger partial charge in [0.1, 0.15) is 17.9 Å². The number of carbonyl (C=O) groups excluding carboxylic acids is 1. The molecule has 0 spiro atoms. The number of hydrogen-bond donors (Lipinski definition) is 0. The van der Waals surface area contributed by atoms with Crippen LogP contribution in [0.1, 0.15) is 44.2 Å². The zero-order chi connectivity index (χ0) is 18.8. The summed E-state index contributed by atoms with van der Waals surface area (Å²) in [4.78, 5) is 14.9. The van der Waals surface area contributed by atoms with E-state index in [-0.39, 0.29) is 29.4 Å². The quantitative estimate of drug-likeness (QED) is 0.698. The highest BCUT2D eigenvalue weighted by molar-refractivity contribution is 5.80. The molecule has 0 N–H and O–H groups in total. The van der Waals surface area contributed by atoms with Gasteiger partial charge in [-0.2, -0.15) is 0 Å². The zero-order valence-electron chi connectivity index (χ0n) is 15.1. The van der Waals surface area contributed by atoms with Gasteiger partial charge in [0, 0.05) is 18.9 Å². The highest BCUT2D eigenvalue weighted by Crippen LogP contribution is 2.33. The Kier molecular flexibility index (Phi) is 4.75. The molecule has 2 atom stereocenters. The number of benzene rings is 1. The van der Waals surface area contributed by atoms with Gasteiger partial charge in [-0.25, -0.2) is 4.39 Å². The Morgan fingerprint density at radius 2 is 1.96 bits per heavy atom.